The van der Waals surface area contributed by atoms with Crippen LogP contribution in [0.15, 0.2) is 53.9 Å². The van der Waals surface area contributed by atoms with Crippen molar-refractivity contribution in [1.29, 1.82) is 0 Å². The van der Waals surface area contributed by atoms with Crippen LogP contribution >= 0.6 is 11.3 Å². The molecule has 0 fully saturated rings. The molecule has 122 valence electrons. The van der Waals surface area contributed by atoms with Gasteiger partial charge in [0.05, 0.1) is 12.3 Å². The number of halogens is 1. The number of benzene rings is 2. The lowest BCUT2D eigenvalue weighted by atomic mass is 10.2. The molecule has 0 saturated carbocycles. The summed E-state index contributed by atoms with van der Waals surface area (Å²) >= 11 is 1.32. The molecule has 0 aliphatic heterocycles. The number of anilines is 1. The number of amides is 1. The van der Waals surface area contributed by atoms with E-state index in [0.29, 0.717) is 28.7 Å². The molecule has 3 aromatic rings. The molecule has 24 heavy (non-hydrogen) atoms. The molecular weight excluding hydrogens is 327 g/mol. The van der Waals surface area contributed by atoms with Crippen molar-refractivity contribution in [3.8, 4) is 17.0 Å². The average molecular weight is 342 g/mol. The molecule has 1 aromatic heterocycles. The Balaban J connectivity index is 1.73. The van der Waals surface area contributed by atoms with Crippen molar-refractivity contribution in [1.82, 2.24) is 4.98 Å². The van der Waals surface area contributed by atoms with Gasteiger partial charge in [-0.25, -0.2) is 9.37 Å². The molecule has 0 bridgehead atoms. The Morgan fingerprint density at radius 2 is 2.04 bits per heavy atom. The molecule has 0 unspecified atom stereocenters. The van der Waals surface area contributed by atoms with E-state index in [1.165, 1.54) is 23.5 Å². The zero-order valence-corrected chi connectivity index (χ0v) is 13.8. The lowest BCUT2D eigenvalue weighted by Gasteiger charge is -2.05. The minimum Gasteiger partial charge on any atom is -0.494 e. The van der Waals surface area contributed by atoms with Gasteiger partial charge >= 0.3 is 0 Å². The van der Waals surface area contributed by atoms with Gasteiger partial charge in [0.25, 0.3) is 5.91 Å². The minimum atomic E-state index is -0.295. The fourth-order valence-corrected chi connectivity index (χ4v) is 2.86. The SMILES string of the molecule is CCOc1cccc(C(=O)Nc2nc(-c3ccc(F)cc3)cs2)c1. The highest BCUT2D eigenvalue weighted by Crippen LogP contribution is 2.25. The number of hydrogen-bond donors (Lipinski definition) is 1. The highest BCUT2D eigenvalue weighted by Gasteiger charge is 2.11. The number of nitrogens with one attached hydrogen (secondary N) is 1. The van der Waals surface area contributed by atoms with Gasteiger partial charge < -0.3 is 4.74 Å². The summed E-state index contributed by atoms with van der Waals surface area (Å²) in [5.74, 6) is 0.101. The monoisotopic (exact) mass is 342 g/mol. The minimum absolute atomic E-state index is 0.253. The maximum absolute atomic E-state index is 13.0. The number of hydrogen-bond acceptors (Lipinski definition) is 4. The van der Waals surface area contributed by atoms with E-state index in [1.54, 1.807) is 36.4 Å². The molecule has 1 heterocycles. The summed E-state index contributed by atoms with van der Waals surface area (Å²) in [5.41, 5.74) is 1.99. The summed E-state index contributed by atoms with van der Waals surface area (Å²) in [7, 11) is 0. The van der Waals surface area contributed by atoms with Gasteiger partial charge in [-0.3, -0.25) is 10.1 Å². The van der Waals surface area contributed by atoms with E-state index in [4.69, 9.17) is 4.74 Å². The van der Waals surface area contributed by atoms with Crippen molar-refractivity contribution in [2.45, 2.75) is 6.92 Å². The maximum atomic E-state index is 13.0. The van der Waals surface area contributed by atoms with E-state index in [9.17, 15) is 9.18 Å². The van der Waals surface area contributed by atoms with E-state index in [1.807, 2.05) is 12.3 Å². The average Bonchev–Trinajstić information content (AvgIpc) is 3.04. The fraction of sp³-hybridized carbons (Fsp3) is 0.111. The Labute approximate surface area is 142 Å². The third kappa shape index (κ3) is 3.78. The van der Waals surface area contributed by atoms with Gasteiger partial charge in [-0.2, -0.15) is 0 Å². The van der Waals surface area contributed by atoms with Gasteiger partial charge in [-0.15, -0.1) is 11.3 Å². The molecule has 0 aliphatic carbocycles. The van der Waals surface area contributed by atoms with Crippen LogP contribution in [0.5, 0.6) is 5.75 Å². The van der Waals surface area contributed by atoms with Crippen LogP contribution in [0.2, 0.25) is 0 Å². The third-order valence-corrected chi connectivity index (χ3v) is 4.03. The summed E-state index contributed by atoms with van der Waals surface area (Å²) in [5, 5.41) is 5.07. The smallest absolute Gasteiger partial charge is 0.257 e. The zero-order chi connectivity index (χ0) is 16.9. The van der Waals surface area contributed by atoms with Crippen molar-refractivity contribution < 1.29 is 13.9 Å². The molecule has 3 rings (SSSR count). The Morgan fingerprint density at radius 1 is 1.25 bits per heavy atom. The van der Waals surface area contributed by atoms with Crippen LogP contribution in [0.1, 0.15) is 17.3 Å². The van der Waals surface area contributed by atoms with Crippen molar-refractivity contribution in [2.75, 3.05) is 11.9 Å². The van der Waals surface area contributed by atoms with E-state index in [2.05, 4.69) is 10.3 Å². The number of carbonyl (C=O) groups is 1. The molecule has 2 aromatic carbocycles. The first kappa shape index (κ1) is 16.1. The third-order valence-electron chi connectivity index (χ3n) is 3.27. The molecular formula is C18H15FN2O2S. The fourth-order valence-electron chi connectivity index (χ4n) is 2.15. The topological polar surface area (TPSA) is 51.2 Å². The van der Waals surface area contributed by atoms with Gasteiger partial charge in [-0.05, 0) is 49.4 Å². The van der Waals surface area contributed by atoms with E-state index in [0.717, 1.165) is 5.56 Å². The van der Waals surface area contributed by atoms with Gasteiger partial charge in [0.2, 0.25) is 0 Å². The molecule has 0 aliphatic rings. The van der Waals surface area contributed by atoms with Crippen LogP contribution in [0, 0.1) is 5.82 Å². The first-order chi connectivity index (χ1) is 11.7. The molecule has 0 atom stereocenters. The maximum Gasteiger partial charge on any atom is 0.257 e. The molecule has 6 heteroatoms. The highest BCUT2D eigenvalue weighted by atomic mass is 32.1. The lowest BCUT2D eigenvalue weighted by Crippen LogP contribution is -2.11. The number of ether oxygens (including phenoxy) is 1. The predicted octanol–water partition coefficient (Wildman–Crippen LogP) is 4.60. The largest absolute Gasteiger partial charge is 0.494 e. The van der Waals surface area contributed by atoms with Gasteiger partial charge in [-0.1, -0.05) is 6.07 Å². The van der Waals surface area contributed by atoms with Crippen molar-refractivity contribution in [2.24, 2.45) is 0 Å². The quantitative estimate of drug-likeness (QED) is 0.737. The van der Waals surface area contributed by atoms with Gasteiger partial charge in [0.1, 0.15) is 11.6 Å². The second kappa shape index (κ2) is 7.23. The lowest BCUT2D eigenvalue weighted by molar-refractivity contribution is 0.102. The van der Waals surface area contributed by atoms with Crippen molar-refractivity contribution in [3.63, 3.8) is 0 Å². The van der Waals surface area contributed by atoms with Crippen molar-refractivity contribution in [3.05, 3.63) is 65.3 Å². The predicted molar refractivity (Wildman–Crippen MR) is 93.1 cm³/mol. The first-order valence-corrected chi connectivity index (χ1v) is 8.29. The second-order valence-corrected chi connectivity index (χ2v) is 5.82. The number of aromatic nitrogens is 1. The number of rotatable bonds is 5. The Bertz CT molecular complexity index is 846. The van der Waals surface area contributed by atoms with Crippen LogP contribution in [0.4, 0.5) is 9.52 Å². The molecule has 1 N–H and O–H groups in total. The van der Waals surface area contributed by atoms with Crippen LogP contribution in [0.3, 0.4) is 0 Å². The van der Waals surface area contributed by atoms with Gasteiger partial charge in [0.15, 0.2) is 5.13 Å². The summed E-state index contributed by atoms with van der Waals surface area (Å²) < 4.78 is 18.4. The summed E-state index contributed by atoms with van der Waals surface area (Å²) in [4.78, 5) is 16.7. The van der Waals surface area contributed by atoms with E-state index in [-0.39, 0.29) is 11.7 Å². The van der Waals surface area contributed by atoms with Crippen LogP contribution in [0.25, 0.3) is 11.3 Å². The summed E-state index contributed by atoms with van der Waals surface area (Å²) in [6.07, 6.45) is 0. The standard InChI is InChI=1S/C18H15FN2O2S/c1-2-23-15-5-3-4-13(10-15)17(22)21-18-20-16(11-24-18)12-6-8-14(19)9-7-12/h3-11H,2H2,1H3,(H,20,21,22). The van der Waals surface area contributed by atoms with Crippen LogP contribution < -0.4 is 10.1 Å². The van der Waals surface area contributed by atoms with E-state index >= 15 is 0 Å². The molecule has 0 saturated heterocycles. The summed E-state index contributed by atoms with van der Waals surface area (Å²) in [6, 6.07) is 13.0. The molecule has 1 amide bonds. The number of thiazole rings is 1. The Hall–Kier alpha value is -2.73. The van der Waals surface area contributed by atoms with Crippen LogP contribution in [-0.2, 0) is 0 Å². The second-order valence-electron chi connectivity index (χ2n) is 4.96. The number of carbonyl (C=O) groups excluding carboxylic acids is 1. The van der Waals surface area contributed by atoms with Crippen molar-refractivity contribution >= 4 is 22.4 Å². The van der Waals surface area contributed by atoms with E-state index < -0.39 is 0 Å². The number of nitrogens with zero attached hydrogens (tertiary/aromatic N) is 1. The Kier molecular flexibility index (Phi) is 4.86. The molecule has 0 spiro atoms. The Morgan fingerprint density at radius 3 is 2.79 bits per heavy atom. The zero-order valence-electron chi connectivity index (χ0n) is 13.0. The molecule has 4 nitrogen and oxygen atoms in total. The first-order valence-electron chi connectivity index (χ1n) is 7.41. The van der Waals surface area contributed by atoms with Gasteiger partial charge in [0, 0.05) is 16.5 Å². The normalized spacial score (nSPS) is 10.4. The van der Waals surface area contributed by atoms with Crippen LogP contribution in [-0.4, -0.2) is 17.5 Å². The summed E-state index contributed by atoms with van der Waals surface area (Å²) in [6.45, 7) is 2.43. The molecule has 0 radical (unpaired) electrons. The highest BCUT2D eigenvalue weighted by molar-refractivity contribution is 7.14.